The van der Waals surface area contributed by atoms with Crippen molar-refractivity contribution < 1.29 is 61.3 Å². The van der Waals surface area contributed by atoms with E-state index in [0.29, 0.717) is 60.6 Å². The van der Waals surface area contributed by atoms with Crippen LogP contribution in [0.2, 0.25) is 5.02 Å². The Balaban J connectivity index is 0.605. The number of carbonyl (C=O) groups excluding carboxylic acids is 4. The average Bonchev–Trinajstić information content (AvgIpc) is 1.76. The highest BCUT2D eigenvalue weighted by atomic mass is 35.5. The number of sulfonamides is 1. The van der Waals surface area contributed by atoms with Gasteiger partial charge in [-0.3, -0.25) is 34.2 Å². The fourth-order valence-electron chi connectivity index (χ4n) is 13.7. The van der Waals surface area contributed by atoms with Crippen LogP contribution in [0, 0.1) is 27.9 Å². The van der Waals surface area contributed by atoms with Gasteiger partial charge >= 0.3 is 0 Å². The van der Waals surface area contributed by atoms with Crippen molar-refractivity contribution in [3.05, 3.63) is 152 Å². The molecule has 0 saturated carbocycles. The van der Waals surface area contributed by atoms with Gasteiger partial charge in [0, 0.05) is 93.6 Å². The maximum atomic E-state index is 14.6. The summed E-state index contributed by atoms with van der Waals surface area (Å²) in [5.74, 6) is -1.84. The zero-order valence-corrected chi connectivity index (χ0v) is 62.9. The molecule has 4 aliphatic rings. The normalized spacial score (nSPS) is 17.7. The first-order chi connectivity index (χ1) is 50.3. The first kappa shape index (κ1) is 77.5. The number of aryl methyl sites for hydroxylation is 1. The maximum absolute atomic E-state index is 14.6. The van der Waals surface area contributed by atoms with Gasteiger partial charge in [-0.15, -0.1) is 11.3 Å². The van der Waals surface area contributed by atoms with E-state index in [4.69, 9.17) is 40.3 Å². The summed E-state index contributed by atoms with van der Waals surface area (Å²) < 4.78 is 59.3. The Morgan fingerprint density at radius 2 is 1.55 bits per heavy atom. The Bertz CT molecular complexity index is 4370. The van der Waals surface area contributed by atoms with E-state index < -0.39 is 72.8 Å². The van der Waals surface area contributed by atoms with E-state index in [1.807, 2.05) is 100 Å². The van der Waals surface area contributed by atoms with Gasteiger partial charge in [0.2, 0.25) is 23.6 Å². The number of nitrogens with zero attached hydrogens (tertiary/aromatic N) is 7. The van der Waals surface area contributed by atoms with Crippen molar-refractivity contribution in [1.29, 1.82) is 0 Å². The fraction of sp³-hybridized carbons (Fsp3) is 0.474. The average molecular weight is 1500 g/mol. The zero-order valence-electron chi connectivity index (χ0n) is 60.5. The van der Waals surface area contributed by atoms with Gasteiger partial charge in [-0.1, -0.05) is 88.2 Å². The first-order valence-electron chi connectivity index (χ1n) is 35.7. The molecule has 11 rings (SSSR count). The van der Waals surface area contributed by atoms with Gasteiger partial charge in [0.1, 0.15) is 29.1 Å². The molecule has 2 saturated heterocycles. The number of β-amino-alcohol motifs (C(OH)–C–C–N with tert-alkyl or cyclic N) is 1. The molecule has 6 heterocycles. The van der Waals surface area contributed by atoms with Gasteiger partial charge < -0.3 is 64.4 Å². The highest BCUT2D eigenvalue weighted by molar-refractivity contribution is 7.90. The van der Waals surface area contributed by atoms with E-state index >= 15 is 0 Å². The SMILES string of the molecule is Cc1ncsc1-c1ccc([C@H](C)NC(=O)[C@@H]2C[C@@H](O)CN2C(=O)[C@@H](NC(=O)CCOCCOCCOCCOCCNc2ccc(S(=O)(=O)NC(=O)c3ccc(N4CCN(CC5=C(c6ccc(Cl)cc6)CC(C)(C)CC5)CC4)cc3N3CCCOc4nc5[nH]ccc5cc43)cc2[N+](=O)[O-])C(C)(C)C)cc1. The van der Waals surface area contributed by atoms with Gasteiger partial charge in [-0.05, 0) is 127 Å². The van der Waals surface area contributed by atoms with Crippen LogP contribution in [-0.2, 0) is 43.4 Å². The number of fused-ring (bicyclic) bond motifs is 2. The van der Waals surface area contributed by atoms with Gasteiger partial charge in [0.05, 0.1) is 109 Å². The molecule has 0 unspecified atom stereocenters. The predicted molar refractivity (Wildman–Crippen MR) is 405 cm³/mol. The third-order valence-corrected chi connectivity index (χ3v) is 22.1. The molecule has 2 fully saturated rings. The van der Waals surface area contributed by atoms with Crippen molar-refractivity contribution in [2.24, 2.45) is 10.8 Å². The fourth-order valence-corrected chi connectivity index (χ4v) is 15.6. The van der Waals surface area contributed by atoms with E-state index in [2.05, 4.69) is 66.4 Å². The number of pyridine rings is 1. The number of halogens is 1. The van der Waals surface area contributed by atoms with E-state index in [1.54, 1.807) is 29.1 Å². The molecule has 3 aliphatic heterocycles. The largest absolute Gasteiger partial charge is 0.476 e. The van der Waals surface area contributed by atoms with Crippen LogP contribution in [0.3, 0.4) is 0 Å². The van der Waals surface area contributed by atoms with Gasteiger partial charge in [-0.2, -0.15) is 4.98 Å². The van der Waals surface area contributed by atoms with Crippen LogP contribution in [0.5, 0.6) is 5.88 Å². The maximum Gasteiger partial charge on any atom is 0.293 e. The number of aliphatic hydroxyl groups excluding tert-OH is 1. The van der Waals surface area contributed by atoms with Gasteiger partial charge in [-0.25, -0.2) is 18.1 Å². The molecule has 3 aromatic heterocycles. The summed E-state index contributed by atoms with van der Waals surface area (Å²) in [5.41, 5.74) is 10.3. The molecule has 0 radical (unpaired) electrons. The van der Waals surface area contributed by atoms with Crippen molar-refractivity contribution >= 4 is 102 Å². The minimum absolute atomic E-state index is 0.0338. The number of nitrogens with one attached hydrogen (secondary N) is 5. The van der Waals surface area contributed by atoms with Crippen LogP contribution in [0.25, 0.3) is 27.0 Å². The number of benzene rings is 4. The molecule has 29 heteroatoms. The number of rotatable bonds is 31. The molecule has 6 N–H and O–H groups in total. The standard InChI is InChI=1S/C76H95ClN12O14S2/c1-49(51-9-11-53(12-10-51)68-50(2)80-48-104-68)81-72(93)65-43-58(90)47-88(65)74(94)69(75(3,4)5)82-67(91)23-33-99-35-37-101-39-40-102-38-36-100-34-26-78-62-20-18-59(44-64(62)89(95)96)105(97,98)84-71(92)60-19-17-57(42-63(60)87-27-8-32-103-73-66(87)41-54-22-25-79-70(54)83-73)86-30-28-85(29-31-86)46-55-21-24-76(6,7)45-61(55)52-13-15-56(77)16-14-52/h9-20,22,25,41-42,44,48-49,58,65,69,78,90H,8,21,23-24,26-40,43,45-47H2,1-7H3,(H,79,83)(H,81,93)(H,82,91)(H,84,92)/t49-,58+,65-,69+/m0/s1. The number of hydrogen-bond acceptors (Lipinski definition) is 21. The number of hydrogen-bond donors (Lipinski definition) is 6. The third kappa shape index (κ3) is 19.9. The van der Waals surface area contributed by atoms with Crippen LogP contribution in [0.15, 0.2) is 119 Å². The summed E-state index contributed by atoms with van der Waals surface area (Å²) in [6.45, 7) is 20.2. The zero-order chi connectivity index (χ0) is 74.6. The molecule has 4 amide bonds. The van der Waals surface area contributed by atoms with E-state index in [1.165, 1.54) is 33.7 Å². The number of thiazole rings is 1. The number of H-pyrrole nitrogens is 1. The monoisotopic (exact) mass is 1500 g/mol. The second-order valence-corrected chi connectivity index (χ2v) is 31.8. The molecule has 105 heavy (non-hydrogen) atoms. The molecule has 0 spiro atoms. The number of nitro groups is 1. The first-order valence-corrected chi connectivity index (χ1v) is 38.5. The summed E-state index contributed by atoms with van der Waals surface area (Å²) in [6, 6.07) is 26.3. The smallest absolute Gasteiger partial charge is 0.293 e. The molecule has 4 aromatic carbocycles. The lowest BCUT2D eigenvalue weighted by atomic mass is 9.72. The Kier molecular flexibility index (Phi) is 25.7. The molecule has 562 valence electrons. The number of nitro benzene ring substituents is 1. The Morgan fingerprint density at radius 1 is 0.857 bits per heavy atom. The van der Waals surface area contributed by atoms with Gasteiger partial charge in [0.15, 0.2) is 0 Å². The summed E-state index contributed by atoms with van der Waals surface area (Å²) in [4.78, 5) is 88.3. The van der Waals surface area contributed by atoms with Crippen LogP contribution in [-0.4, -0.2) is 197 Å². The minimum atomic E-state index is -4.68. The second-order valence-electron chi connectivity index (χ2n) is 28.9. The van der Waals surface area contributed by atoms with Crippen LogP contribution < -0.4 is 35.2 Å². The van der Waals surface area contributed by atoms with Crippen molar-refractivity contribution in [3.8, 4) is 16.3 Å². The molecular formula is C76H95ClN12O14S2. The molecule has 1 aliphatic carbocycles. The highest BCUT2D eigenvalue weighted by Crippen LogP contribution is 2.45. The van der Waals surface area contributed by atoms with Crippen molar-refractivity contribution in [2.45, 2.75) is 116 Å². The van der Waals surface area contributed by atoms with E-state index in [0.717, 1.165) is 77.7 Å². The van der Waals surface area contributed by atoms with Crippen LogP contribution in [0.1, 0.15) is 113 Å². The number of ether oxygens (including phenoxy) is 5. The molecule has 4 atom stereocenters. The third-order valence-electron chi connectivity index (χ3n) is 19.5. The van der Waals surface area contributed by atoms with Crippen molar-refractivity contribution in [2.75, 3.05) is 127 Å². The number of aliphatic hydroxyl groups is 1. The van der Waals surface area contributed by atoms with Crippen LogP contribution >= 0.6 is 22.9 Å². The summed E-state index contributed by atoms with van der Waals surface area (Å²) in [7, 11) is -4.68. The molecule has 26 nitrogen and oxygen atoms in total. The number of aromatic nitrogens is 3. The van der Waals surface area contributed by atoms with Crippen molar-refractivity contribution in [3.63, 3.8) is 0 Å². The number of allylic oxidation sites excluding steroid dienone is 1. The van der Waals surface area contributed by atoms with Gasteiger partial charge in [0.25, 0.3) is 21.6 Å². The number of piperazine rings is 1. The summed E-state index contributed by atoms with van der Waals surface area (Å²) in [5, 5.41) is 33.5. The quantitative estimate of drug-likeness (QED) is 0.0134. The number of carbonyl (C=O) groups is 4. The Hall–Kier alpha value is -8.58. The lowest BCUT2D eigenvalue weighted by Gasteiger charge is -2.39. The summed E-state index contributed by atoms with van der Waals surface area (Å²) in [6.07, 6.45) is 4.59. The predicted octanol–water partition coefficient (Wildman–Crippen LogP) is 10.6. The van der Waals surface area contributed by atoms with Crippen LogP contribution in [0.4, 0.5) is 28.4 Å². The number of aromatic amines is 1. The molecule has 0 bridgehead atoms. The minimum Gasteiger partial charge on any atom is -0.476 e. The molecular weight excluding hydrogens is 1400 g/mol. The molecule has 7 aromatic rings. The van der Waals surface area contributed by atoms with E-state index in [9.17, 15) is 42.8 Å². The Labute approximate surface area is 621 Å². The second kappa shape index (κ2) is 34.8. The van der Waals surface area contributed by atoms with E-state index in [-0.39, 0.29) is 101 Å². The number of anilines is 4. The summed E-state index contributed by atoms with van der Waals surface area (Å²) >= 11 is 7.86. The number of amides is 4. The lowest BCUT2D eigenvalue weighted by molar-refractivity contribution is -0.384. The number of likely N-dealkylation sites (tertiary alicyclic amines) is 1. The highest BCUT2D eigenvalue weighted by Gasteiger charge is 2.45. The van der Waals surface area contributed by atoms with Crippen molar-refractivity contribution in [1.82, 2.24) is 40.1 Å². The topological polar surface area (TPSA) is 315 Å². The lowest BCUT2D eigenvalue weighted by Crippen LogP contribution is -2.58. The Morgan fingerprint density at radius 3 is 2.24 bits per heavy atom.